The van der Waals surface area contributed by atoms with Crippen molar-refractivity contribution in [3.63, 3.8) is 0 Å². The van der Waals surface area contributed by atoms with Gasteiger partial charge in [0.05, 0.1) is 0 Å². The lowest BCUT2D eigenvalue weighted by Crippen LogP contribution is -2.03. The van der Waals surface area contributed by atoms with Gasteiger partial charge in [0.15, 0.2) is 0 Å². The van der Waals surface area contributed by atoms with Crippen LogP contribution in [0.2, 0.25) is 0 Å². The summed E-state index contributed by atoms with van der Waals surface area (Å²) in [5.74, 6) is 0.554. The summed E-state index contributed by atoms with van der Waals surface area (Å²) in [4.78, 5) is 17.9. The Kier molecular flexibility index (Phi) is 5.72. The Hall–Kier alpha value is -3.31. The Balaban J connectivity index is 1.64. The molecule has 4 aromatic rings. The summed E-state index contributed by atoms with van der Waals surface area (Å²) in [6.45, 7) is 4.19. The molecule has 2 heterocycles. The average Bonchev–Trinajstić information content (AvgIpc) is 2.77. The summed E-state index contributed by atoms with van der Waals surface area (Å²) in [5, 5.41) is 10.6. The van der Waals surface area contributed by atoms with Gasteiger partial charge in [0.1, 0.15) is 16.4 Å². The zero-order chi connectivity index (χ0) is 21.1. The Morgan fingerprint density at radius 2 is 1.67 bits per heavy atom. The zero-order valence-electron chi connectivity index (χ0n) is 16.7. The minimum absolute atomic E-state index is 0.0823. The van der Waals surface area contributed by atoms with E-state index in [-0.39, 0.29) is 10.6 Å². The maximum Gasteiger partial charge on any atom is 0.354 e. The number of nitrogens with zero attached hydrogens (tertiary/aromatic N) is 1. The molecule has 0 spiro atoms. The largest absolute Gasteiger partial charge is 0.506 e. The molecule has 0 fully saturated rings. The molecule has 0 bridgehead atoms. The molecule has 4 rings (SSSR count). The molecule has 0 amide bonds. The van der Waals surface area contributed by atoms with Crippen LogP contribution < -0.4 is 5.63 Å². The summed E-state index contributed by atoms with van der Waals surface area (Å²) < 4.78 is 5.54. The van der Waals surface area contributed by atoms with E-state index in [4.69, 9.17) is 4.42 Å². The van der Waals surface area contributed by atoms with E-state index in [1.165, 1.54) is 17.8 Å². The molecule has 0 radical (unpaired) electrons. The van der Waals surface area contributed by atoms with Crippen molar-refractivity contribution in [3.05, 3.63) is 95.1 Å². The molecule has 0 unspecified atom stereocenters. The minimum atomic E-state index is -0.551. The molecule has 0 aliphatic heterocycles. The lowest BCUT2D eigenvalue weighted by molar-refractivity contribution is 0.430. The van der Waals surface area contributed by atoms with Crippen LogP contribution in [-0.4, -0.2) is 10.1 Å². The van der Waals surface area contributed by atoms with E-state index in [0.29, 0.717) is 17.2 Å². The number of aromatic nitrogens is 1. The lowest BCUT2D eigenvalue weighted by atomic mass is 10.0. The molecule has 0 aliphatic carbocycles. The molecular weight excluding hydrogens is 394 g/mol. The molecule has 0 saturated carbocycles. The molecule has 4 nitrogen and oxygen atoms in total. The molecule has 150 valence electrons. The molecule has 1 N–H and O–H groups in total. The van der Waals surface area contributed by atoms with Crippen LogP contribution in [0.3, 0.4) is 0 Å². The van der Waals surface area contributed by atoms with Crippen LogP contribution >= 0.6 is 11.8 Å². The fraction of sp³-hybridized carbons (Fsp3) is 0.120. The Morgan fingerprint density at radius 1 is 0.933 bits per heavy atom. The van der Waals surface area contributed by atoms with Crippen LogP contribution in [0.4, 0.5) is 0 Å². The van der Waals surface area contributed by atoms with E-state index >= 15 is 0 Å². The van der Waals surface area contributed by atoms with Crippen molar-refractivity contribution in [2.24, 2.45) is 0 Å². The van der Waals surface area contributed by atoms with Crippen LogP contribution in [0, 0.1) is 0 Å². The van der Waals surface area contributed by atoms with Crippen molar-refractivity contribution in [3.8, 4) is 28.2 Å². The highest BCUT2D eigenvalue weighted by atomic mass is 32.2. The smallest absolute Gasteiger partial charge is 0.354 e. The van der Waals surface area contributed by atoms with Crippen LogP contribution in [0.1, 0.15) is 25.3 Å². The summed E-state index contributed by atoms with van der Waals surface area (Å²) in [5.41, 5.74) is 3.30. The number of aromatic hydroxyl groups is 1. The van der Waals surface area contributed by atoms with Gasteiger partial charge in [-0.2, -0.15) is 0 Å². The number of benzene rings is 2. The third kappa shape index (κ3) is 4.16. The van der Waals surface area contributed by atoms with Gasteiger partial charge < -0.3 is 9.52 Å². The summed E-state index contributed by atoms with van der Waals surface area (Å²) in [6, 6.07) is 20.8. The Morgan fingerprint density at radius 3 is 2.33 bits per heavy atom. The number of rotatable bonds is 5. The highest BCUT2D eigenvalue weighted by Gasteiger charge is 2.16. The van der Waals surface area contributed by atoms with Crippen LogP contribution in [0.15, 0.2) is 98.1 Å². The third-order valence-electron chi connectivity index (χ3n) is 4.81. The molecule has 0 aliphatic rings. The predicted octanol–water partition coefficient (Wildman–Crippen LogP) is 6.35. The van der Waals surface area contributed by atoms with Gasteiger partial charge in [-0.3, -0.25) is 4.98 Å². The van der Waals surface area contributed by atoms with Gasteiger partial charge in [0.2, 0.25) is 0 Å². The SMILES string of the molecule is CC(C)c1ccccc1Sc1c(O)cc(-c2ccc(-c3cccnc3)cc2)oc1=O. The monoisotopic (exact) mass is 415 g/mol. The summed E-state index contributed by atoms with van der Waals surface area (Å²) in [7, 11) is 0. The molecule has 0 saturated heterocycles. The van der Waals surface area contributed by atoms with Crippen LogP contribution in [-0.2, 0) is 0 Å². The van der Waals surface area contributed by atoms with Crippen molar-refractivity contribution < 1.29 is 9.52 Å². The van der Waals surface area contributed by atoms with E-state index in [9.17, 15) is 9.90 Å². The van der Waals surface area contributed by atoms with E-state index < -0.39 is 5.63 Å². The van der Waals surface area contributed by atoms with E-state index in [2.05, 4.69) is 18.8 Å². The van der Waals surface area contributed by atoms with Gasteiger partial charge in [0, 0.05) is 28.9 Å². The normalized spacial score (nSPS) is 11.0. The molecule has 2 aromatic heterocycles. The second-order valence-corrected chi connectivity index (χ2v) is 8.28. The Labute approximate surface area is 179 Å². The van der Waals surface area contributed by atoms with Crippen molar-refractivity contribution in [1.82, 2.24) is 4.98 Å². The van der Waals surface area contributed by atoms with Crippen molar-refractivity contribution in [2.45, 2.75) is 29.6 Å². The first-order chi connectivity index (χ1) is 14.5. The molecule has 5 heteroatoms. The van der Waals surface area contributed by atoms with Gasteiger partial charge in [-0.05, 0) is 34.7 Å². The number of hydrogen-bond donors (Lipinski definition) is 1. The fourth-order valence-electron chi connectivity index (χ4n) is 3.23. The second-order valence-electron chi connectivity index (χ2n) is 7.23. The fourth-order valence-corrected chi connectivity index (χ4v) is 4.30. The summed E-state index contributed by atoms with van der Waals surface area (Å²) in [6.07, 6.45) is 3.52. The number of pyridine rings is 1. The van der Waals surface area contributed by atoms with Crippen LogP contribution in [0.25, 0.3) is 22.5 Å². The maximum absolute atomic E-state index is 12.7. The maximum atomic E-state index is 12.7. The van der Waals surface area contributed by atoms with E-state index in [0.717, 1.165) is 21.6 Å². The van der Waals surface area contributed by atoms with Gasteiger partial charge in [0.25, 0.3) is 0 Å². The summed E-state index contributed by atoms with van der Waals surface area (Å²) >= 11 is 1.24. The van der Waals surface area contributed by atoms with Crippen molar-refractivity contribution >= 4 is 11.8 Å². The van der Waals surface area contributed by atoms with Gasteiger partial charge in [-0.25, -0.2) is 4.79 Å². The minimum Gasteiger partial charge on any atom is -0.506 e. The lowest BCUT2D eigenvalue weighted by Gasteiger charge is -2.12. The highest BCUT2D eigenvalue weighted by Crippen LogP contribution is 2.37. The van der Waals surface area contributed by atoms with Gasteiger partial charge >= 0.3 is 5.63 Å². The van der Waals surface area contributed by atoms with Crippen LogP contribution in [0.5, 0.6) is 5.75 Å². The third-order valence-corrected chi connectivity index (χ3v) is 5.98. The first-order valence-electron chi connectivity index (χ1n) is 9.67. The van der Waals surface area contributed by atoms with E-state index in [1.54, 1.807) is 12.4 Å². The molecular formula is C25H21NO3S. The van der Waals surface area contributed by atoms with E-state index in [1.807, 2.05) is 60.7 Å². The molecule has 2 aromatic carbocycles. The standard InChI is InChI=1S/C25H21NO3S/c1-16(2)20-7-3-4-8-23(20)30-24-21(27)14-22(29-25(24)28)18-11-9-17(10-12-18)19-6-5-13-26-15-19/h3-16,27H,1-2H3. The first kappa shape index (κ1) is 20.0. The highest BCUT2D eigenvalue weighted by molar-refractivity contribution is 7.99. The zero-order valence-corrected chi connectivity index (χ0v) is 17.5. The Bertz CT molecular complexity index is 1220. The second kappa shape index (κ2) is 8.59. The average molecular weight is 416 g/mol. The topological polar surface area (TPSA) is 63.3 Å². The molecule has 30 heavy (non-hydrogen) atoms. The van der Waals surface area contributed by atoms with Gasteiger partial charge in [-0.15, -0.1) is 0 Å². The van der Waals surface area contributed by atoms with Crippen molar-refractivity contribution in [2.75, 3.05) is 0 Å². The van der Waals surface area contributed by atoms with Gasteiger partial charge in [-0.1, -0.05) is 74.1 Å². The number of hydrogen-bond acceptors (Lipinski definition) is 5. The molecule has 0 atom stereocenters. The quantitative estimate of drug-likeness (QED) is 0.411. The first-order valence-corrected chi connectivity index (χ1v) is 10.5. The van der Waals surface area contributed by atoms with Crippen molar-refractivity contribution in [1.29, 1.82) is 0 Å². The predicted molar refractivity (Wildman–Crippen MR) is 120 cm³/mol.